The summed E-state index contributed by atoms with van der Waals surface area (Å²) < 4.78 is 5.66. The normalized spacial score (nSPS) is 67.1. The lowest BCUT2D eigenvalue weighted by Gasteiger charge is -2.68. The fourth-order valence-corrected chi connectivity index (χ4v) is 9.68. The molecule has 7 nitrogen and oxygen atoms in total. The zero-order valence-corrected chi connectivity index (χ0v) is 17.3. The first-order valence-electron chi connectivity index (χ1n) is 11.1. The first-order valence-corrected chi connectivity index (χ1v) is 11.1. The largest absolute Gasteiger partial charge is 0.392 e. The number of methoxy groups -OCH3 is 1. The fourth-order valence-electron chi connectivity index (χ4n) is 9.68. The van der Waals surface area contributed by atoms with Crippen LogP contribution in [0.15, 0.2) is 12.2 Å². The number of ether oxygens (including phenoxy) is 1. The highest BCUT2D eigenvalue weighted by Gasteiger charge is 2.90. The van der Waals surface area contributed by atoms with Gasteiger partial charge in [0.15, 0.2) is 0 Å². The Bertz CT molecular complexity index is 791. The van der Waals surface area contributed by atoms with Gasteiger partial charge in [-0.25, -0.2) is 0 Å². The summed E-state index contributed by atoms with van der Waals surface area (Å²) in [5.74, 6) is -1.29. The standard InChI is InChI=1S/C22H33NO6/c1-4-23-9-19(2)6-5-13(24)21-11-7-10-12(29-3)8-20(27,14(11)15(10)25)22(28,18(21)23)17(26)16(19)21/h5-6,10-18,24-28H,4,7-9H2,1-3H3/t10-,11+,12-,13-,14+,15-,16+,17-,18-,19-,20+,21-,22-/m0/s1. The Morgan fingerprint density at radius 3 is 2.59 bits per heavy atom. The molecule has 0 aromatic carbocycles. The number of piperidine rings is 1. The number of hydrogen-bond donors (Lipinski definition) is 5. The van der Waals surface area contributed by atoms with Gasteiger partial charge in [0.2, 0.25) is 0 Å². The van der Waals surface area contributed by atoms with Gasteiger partial charge in [0, 0.05) is 48.7 Å². The molecule has 5 aliphatic carbocycles. The first-order chi connectivity index (χ1) is 13.6. The Kier molecular flexibility index (Phi) is 3.48. The van der Waals surface area contributed by atoms with Gasteiger partial charge in [-0.1, -0.05) is 26.0 Å². The molecule has 7 heteroatoms. The Balaban J connectivity index is 1.68. The van der Waals surface area contributed by atoms with Crippen LogP contribution in [0.25, 0.3) is 0 Å². The number of aliphatic hydroxyl groups excluding tert-OH is 3. The smallest absolute Gasteiger partial charge is 0.136 e. The van der Waals surface area contributed by atoms with Crippen molar-refractivity contribution in [3.8, 4) is 0 Å². The van der Waals surface area contributed by atoms with Gasteiger partial charge in [0.25, 0.3) is 0 Å². The van der Waals surface area contributed by atoms with E-state index in [9.17, 15) is 25.5 Å². The molecule has 5 N–H and O–H groups in total. The van der Waals surface area contributed by atoms with Crippen LogP contribution in [0, 0.1) is 34.5 Å². The van der Waals surface area contributed by atoms with Gasteiger partial charge >= 0.3 is 0 Å². The van der Waals surface area contributed by atoms with Gasteiger partial charge in [-0.3, -0.25) is 4.90 Å². The number of rotatable bonds is 2. The molecule has 0 unspecified atom stereocenters. The SMILES string of the molecule is CCN1C[C@]2(C)C=C[C@H](O)[C@@]34[C@@H]5C[C@@H]6[C@H](O)[C@@H]5[C@](O)(C[C@@H]6OC)[C@](O)([C@@H](O)[C@@H]32)[C@@H]14. The Morgan fingerprint density at radius 2 is 1.93 bits per heavy atom. The van der Waals surface area contributed by atoms with E-state index in [2.05, 4.69) is 11.8 Å². The molecule has 0 amide bonds. The topological polar surface area (TPSA) is 114 Å². The minimum atomic E-state index is -1.84. The molecule has 6 rings (SSSR count). The highest BCUT2D eigenvalue weighted by molar-refractivity contribution is 5.43. The predicted molar refractivity (Wildman–Crippen MR) is 103 cm³/mol. The summed E-state index contributed by atoms with van der Waals surface area (Å²) in [6, 6.07) is -0.569. The summed E-state index contributed by atoms with van der Waals surface area (Å²) in [7, 11) is 1.58. The van der Waals surface area contributed by atoms with E-state index >= 15 is 0 Å². The number of hydrogen-bond acceptors (Lipinski definition) is 7. The van der Waals surface area contributed by atoms with Crippen molar-refractivity contribution in [1.29, 1.82) is 0 Å². The highest BCUT2D eigenvalue weighted by atomic mass is 16.5. The molecule has 0 radical (unpaired) electrons. The van der Waals surface area contributed by atoms with Crippen LogP contribution in [0.1, 0.15) is 26.7 Å². The van der Waals surface area contributed by atoms with E-state index in [1.54, 1.807) is 7.11 Å². The van der Waals surface area contributed by atoms with Gasteiger partial charge in [-0.05, 0) is 18.9 Å². The van der Waals surface area contributed by atoms with Gasteiger partial charge in [0.05, 0.1) is 30.5 Å². The average molecular weight is 408 g/mol. The van der Waals surface area contributed by atoms with Crippen LogP contribution in [-0.2, 0) is 4.74 Å². The number of likely N-dealkylation sites (N-methyl/N-ethyl adjacent to an activating group) is 1. The van der Waals surface area contributed by atoms with Crippen LogP contribution in [0.5, 0.6) is 0 Å². The third-order valence-corrected chi connectivity index (χ3v) is 10.3. The maximum absolute atomic E-state index is 12.3. The third-order valence-electron chi connectivity index (χ3n) is 10.3. The molecule has 1 spiro atoms. The van der Waals surface area contributed by atoms with Crippen molar-refractivity contribution >= 4 is 0 Å². The minimum absolute atomic E-state index is 0.134. The van der Waals surface area contributed by atoms with Crippen LogP contribution >= 0.6 is 0 Å². The summed E-state index contributed by atoms with van der Waals surface area (Å²) in [5, 5.41) is 58.9. The van der Waals surface area contributed by atoms with Crippen molar-refractivity contribution in [2.75, 3.05) is 20.2 Å². The molecule has 162 valence electrons. The van der Waals surface area contributed by atoms with Crippen LogP contribution < -0.4 is 0 Å². The fraction of sp³-hybridized carbons (Fsp3) is 0.909. The van der Waals surface area contributed by atoms with Crippen LogP contribution in [0.2, 0.25) is 0 Å². The predicted octanol–water partition coefficient (Wildman–Crippen LogP) is -0.888. The molecule has 1 heterocycles. The maximum Gasteiger partial charge on any atom is 0.136 e. The molecule has 7 bridgehead atoms. The number of aliphatic hydroxyl groups is 5. The summed E-state index contributed by atoms with van der Waals surface area (Å²) in [5.41, 5.74) is -4.74. The Morgan fingerprint density at radius 1 is 1.21 bits per heavy atom. The second-order valence-corrected chi connectivity index (χ2v) is 10.9. The molecule has 4 saturated carbocycles. The zero-order valence-electron chi connectivity index (χ0n) is 17.3. The minimum Gasteiger partial charge on any atom is -0.392 e. The zero-order chi connectivity index (χ0) is 20.7. The van der Waals surface area contributed by atoms with Crippen molar-refractivity contribution in [3.05, 3.63) is 12.2 Å². The molecule has 1 aliphatic heterocycles. The number of nitrogens with zero attached hydrogens (tertiary/aromatic N) is 1. The lowest BCUT2D eigenvalue weighted by atomic mass is 9.44. The van der Waals surface area contributed by atoms with Gasteiger partial charge in [0.1, 0.15) is 11.2 Å². The average Bonchev–Trinajstić information content (AvgIpc) is 3.04. The monoisotopic (exact) mass is 407 g/mol. The van der Waals surface area contributed by atoms with E-state index in [0.29, 0.717) is 19.5 Å². The van der Waals surface area contributed by atoms with E-state index in [4.69, 9.17) is 4.74 Å². The van der Waals surface area contributed by atoms with Crippen molar-refractivity contribution in [3.63, 3.8) is 0 Å². The van der Waals surface area contributed by atoms with E-state index in [0.717, 1.165) is 0 Å². The van der Waals surface area contributed by atoms with Crippen LogP contribution in [0.4, 0.5) is 0 Å². The van der Waals surface area contributed by atoms with Crippen molar-refractivity contribution in [2.45, 2.75) is 68.3 Å². The molecule has 1 saturated heterocycles. The summed E-state index contributed by atoms with van der Waals surface area (Å²) >= 11 is 0. The van der Waals surface area contributed by atoms with Crippen molar-refractivity contribution < 1.29 is 30.3 Å². The van der Waals surface area contributed by atoms with Crippen molar-refractivity contribution in [2.24, 2.45) is 34.5 Å². The summed E-state index contributed by atoms with van der Waals surface area (Å²) in [4.78, 5) is 2.16. The van der Waals surface area contributed by atoms with E-state index in [1.807, 2.05) is 19.1 Å². The van der Waals surface area contributed by atoms with E-state index in [-0.39, 0.29) is 30.3 Å². The van der Waals surface area contributed by atoms with E-state index < -0.39 is 52.3 Å². The molecular formula is C22H33NO6. The lowest BCUT2D eigenvalue weighted by molar-refractivity contribution is -0.308. The van der Waals surface area contributed by atoms with Crippen LogP contribution in [-0.4, -0.2) is 92.3 Å². The lowest BCUT2D eigenvalue weighted by Crippen LogP contribution is -2.81. The third kappa shape index (κ3) is 1.63. The summed E-state index contributed by atoms with van der Waals surface area (Å²) in [6.07, 6.45) is 1.41. The number of likely N-dealkylation sites (tertiary alicyclic amines) is 1. The molecule has 0 aromatic heterocycles. The maximum atomic E-state index is 12.3. The number of fused-ring (bicyclic) bond motifs is 2. The molecule has 5 fully saturated rings. The van der Waals surface area contributed by atoms with Crippen molar-refractivity contribution in [1.82, 2.24) is 4.90 Å². The van der Waals surface area contributed by atoms with Gasteiger partial charge < -0.3 is 30.3 Å². The molecule has 6 aliphatic rings. The second kappa shape index (κ2) is 5.26. The molecule has 29 heavy (non-hydrogen) atoms. The molecule has 0 aromatic rings. The van der Waals surface area contributed by atoms with Crippen LogP contribution in [0.3, 0.4) is 0 Å². The molecule has 13 atom stereocenters. The van der Waals surface area contributed by atoms with Gasteiger partial charge in [-0.2, -0.15) is 0 Å². The first kappa shape index (κ1) is 19.2. The second-order valence-electron chi connectivity index (χ2n) is 10.9. The van der Waals surface area contributed by atoms with Gasteiger partial charge in [-0.15, -0.1) is 0 Å². The highest BCUT2D eigenvalue weighted by Crippen LogP contribution is 2.78. The van der Waals surface area contributed by atoms with E-state index in [1.165, 1.54) is 0 Å². The summed E-state index contributed by atoms with van der Waals surface area (Å²) in [6.45, 7) is 5.43. The Hall–Kier alpha value is -0.540. The molecular weight excluding hydrogens is 374 g/mol. The Labute approximate surface area is 171 Å². The quantitative estimate of drug-likeness (QED) is 0.378.